The summed E-state index contributed by atoms with van der Waals surface area (Å²) in [7, 11) is 0. The van der Waals surface area contributed by atoms with E-state index in [9.17, 15) is 0 Å². The highest BCUT2D eigenvalue weighted by molar-refractivity contribution is 5.17. The van der Waals surface area contributed by atoms with Crippen LogP contribution in [0.3, 0.4) is 0 Å². The van der Waals surface area contributed by atoms with Gasteiger partial charge in [0.05, 0.1) is 6.54 Å². The van der Waals surface area contributed by atoms with Gasteiger partial charge in [-0.15, -0.1) is 5.10 Å². The van der Waals surface area contributed by atoms with Crippen LogP contribution in [-0.4, -0.2) is 22.8 Å². The van der Waals surface area contributed by atoms with Gasteiger partial charge in [0.25, 0.3) is 0 Å². The highest BCUT2D eigenvalue weighted by Crippen LogP contribution is 2.36. The molecule has 0 saturated heterocycles. The van der Waals surface area contributed by atoms with Gasteiger partial charge >= 0.3 is 6.01 Å². The quantitative estimate of drug-likeness (QED) is 0.755. The molecule has 3 rings (SSSR count). The summed E-state index contributed by atoms with van der Waals surface area (Å²) in [6, 6.07) is 1.23. The maximum absolute atomic E-state index is 5.52. The lowest BCUT2D eigenvalue weighted by atomic mass is 10.1. The molecule has 0 radical (unpaired) electrons. The molecule has 17 heavy (non-hydrogen) atoms. The Kier molecular flexibility index (Phi) is 3.01. The zero-order chi connectivity index (χ0) is 11.7. The Morgan fingerprint density at radius 1 is 1.29 bits per heavy atom. The Balaban J connectivity index is 1.42. The Hall–Kier alpha value is -1.10. The van der Waals surface area contributed by atoms with Crippen LogP contribution in [-0.2, 0) is 6.54 Å². The summed E-state index contributed by atoms with van der Waals surface area (Å²) < 4.78 is 5.52. The van der Waals surface area contributed by atoms with Gasteiger partial charge in [0.2, 0.25) is 5.89 Å². The second kappa shape index (κ2) is 4.64. The zero-order valence-corrected chi connectivity index (χ0v) is 10.3. The second-order valence-electron chi connectivity index (χ2n) is 5.35. The summed E-state index contributed by atoms with van der Waals surface area (Å²) in [5, 5.41) is 14.6. The average molecular weight is 236 g/mol. The molecule has 0 spiro atoms. The van der Waals surface area contributed by atoms with Crippen molar-refractivity contribution in [3.63, 3.8) is 0 Å². The summed E-state index contributed by atoms with van der Waals surface area (Å²) in [5.74, 6) is 2.29. The molecule has 2 fully saturated rings. The molecule has 1 heterocycles. The van der Waals surface area contributed by atoms with Gasteiger partial charge in [-0.3, -0.25) is 0 Å². The van der Waals surface area contributed by atoms with Crippen molar-refractivity contribution in [2.45, 2.75) is 45.2 Å². The molecule has 1 aromatic heterocycles. The summed E-state index contributed by atoms with van der Waals surface area (Å²) in [5.41, 5.74) is 0. The van der Waals surface area contributed by atoms with Crippen LogP contribution in [0.4, 0.5) is 6.01 Å². The van der Waals surface area contributed by atoms with Crippen molar-refractivity contribution in [2.75, 3.05) is 11.9 Å². The molecule has 1 aromatic rings. The van der Waals surface area contributed by atoms with Crippen LogP contribution in [0, 0.1) is 11.8 Å². The van der Waals surface area contributed by atoms with Gasteiger partial charge in [0, 0.05) is 12.6 Å². The van der Waals surface area contributed by atoms with Crippen LogP contribution >= 0.6 is 0 Å². The summed E-state index contributed by atoms with van der Waals surface area (Å²) in [6.45, 7) is 3.90. The van der Waals surface area contributed by atoms with E-state index in [1.165, 1.54) is 25.7 Å². The van der Waals surface area contributed by atoms with Crippen molar-refractivity contribution in [3.8, 4) is 0 Å². The lowest BCUT2D eigenvalue weighted by Gasteiger charge is -2.08. The molecule has 1 atom stereocenters. The number of nitrogens with zero attached hydrogens (tertiary/aromatic N) is 2. The highest BCUT2D eigenvalue weighted by atomic mass is 16.4. The average Bonchev–Trinajstić information content (AvgIpc) is 3.22. The predicted molar refractivity (Wildman–Crippen MR) is 64.5 cm³/mol. The Bertz CT molecular complexity index is 370. The first-order valence-electron chi connectivity index (χ1n) is 6.61. The fraction of sp³-hybridized carbons (Fsp3) is 0.833. The van der Waals surface area contributed by atoms with Crippen LogP contribution in [0.1, 0.15) is 38.5 Å². The highest BCUT2D eigenvalue weighted by Gasteiger charge is 2.27. The van der Waals surface area contributed by atoms with Crippen LogP contribution in [0.5, 0.6) is 0 Å². The van der Waals surface area contributed by atoms with E-state index < -0.39 is 0 Å². The second-order valence-corrected chi connectivity index (χ2v) is 5.35. The monoisotopic (exact) mass is 236 g/mol. The largest absolute Gasteiger partial charge is 0.407 e. The van der Waals surface area contributed by atoms with Crippen LogP contribution < -0.4 is 10.6 Å². The number of anilines is 1. The molecule has 2 saturated carbocycles. The predicted octanol–water partition coefficient (Wildman–Crippen LogP) is 1.78. The fourth-order valence-corrected chi connectivity index (χ4v) is 2.00. The summed E-state index contributed by atoms with van der Waals surface area (Å²) >= 11 is 0. The molecule has 0 amide bonds. The molecular formula is C12H20N4O. The van der Waals surface area contributed by atoms with Gasteiger partial charge in [0.1, 0.15) is 0 Å². The molecule has 0 aromatic carbocycles. The summed E-state index contributed by atoms with van der Waals surface area (Å²) in [6.07, 6.45) is 5.31. The SMILES string of the molecule is CC(CNc1nnc(CNC2CC2)o1)C1CC1. The Morgan fingerprint density at radius 3 is 2.82 bits per heavy atom. The van der Waals surface area contributed by atoms with Gasteiger partial charge in [-0.05, 0) is 37.5 Å². The molecule has 94 valence electrons. The molecule has 2 aliphatic rings. The lowest BCUT2D eigenvalue weighted by Crippen LogP contribution is -2.15. The molecule has 5 heteroatoms. The fourth-order valence-electron chi connectivity index (χ4n) is 2.00. The molecule has 2 N–H and O–H groups in total. The van der Waals surface area contributed by atoms with E-state index in [0.29, 0.717) is 30.4 Å². The third-order valence-electron chi connectivity index (χ3n) is 3.59. The Morgan fingerprint density at radius 2 is 2.12 bits per heavy atom. The van der Waals surface area contributed by atoms with Crippen molar-refractivity contribution in [1.82, 2.24) is 15.5 Å². The number of nitrogens with one attached hydrogen (secondary N) is 2. The minimum absolute atomic E-state index is 0.560. The first-order chi connectivity index (χ1) is 8.31. The van der Waals surface area contributed by atoms with Gasteiger partial charge in [-0.25, -0.2) is 0 Å². The van der Waals surface area contributed by atoms with Crippen molar-refractivity contribution >= 4 is 6.01 Å². The van der Waals surface area contributed by atoms with Crippen molar-refractivity contribution < 1.29 is 4.42 Å². The lowest BCUT2D eigenvalue weighted by molar-refractivity contribution is 0.467. The number of hydrogen-bond donors (Lipinski definition) is 2. The maximum atomic E-state index is 5.52. The van der Waals surface area contributed by atoms with Crippen LogP contribution in [0.2, 0.25) is 0 Å². The van der Waals surface area contributed by atoms with Crippen molar-refractivity contribution in [2.24, 2.45) is 11.8 Å². The normalized spacial score (nSPS) is 21.5. The first-order valence-corrected chi connectivity index (χ1v) is 6.61. The standard InChI is InChI=1S/C12H20N4O/c1-8(9-2-3-9)6-14-12-16-15-11(17-12)7-13-10-4-5-10/h8-10,13H,2-7H2,1H3,(H,14,16). The zero-order valence-electron chi connectivity index (χ0n) is 10.3. The van der Waals surface area contributed by atoms with Gasteiger partial charge in [0.15, 0.2) is 0 Å². The van der Waals surface area contributed by atoms with Crippen molar-refractivity contribution in [1.29, 1.82) is 0 Å². The minimum atomic E-state index is 0.560. The van der Waals surface area contributed by atoms with E-state index in [0.717, 1.165) is 12.5 Å². The molecule has 0 bridgehead atoms. The molecular weight excluding hydrogens is 216 g/mol. The van der Waals surface area contributed by atoms with E-state index in [1.807, 2.05) is 0 Å². The van der Waals surface area contributed by atoms with Gasteiger partial charge in [-0.1, -0.05) is 12.0 Å². The third-order valence-corrected chi connectivity index (χ3v) is 3.59. The summed E-state index contributed by atoms with van der Waals surface area (Å²) in [4.78, 5) is 0. The molecule has 0 aliphatic heterocycles. The van der Waals surface area contributed by atoms with E-state index in [2.05, 4.69) is 27.8 Å². The van der Waals surface area contributed by atoms with E-state index in [4.69, 9.17) is 4.42 Å². The van der Waals surface area contributed by atoms with Crippen LogP contribution in [0.15, 0.2) is 4.42 Å². The molecule has 2 aliphatic carbocycles. The third kappa shape index (κ3) is 3.19. The number of rotatable bonds is 7. The van der Waals surface area contributed by atoms with E-state index in [1.54, 1.807) is 0 Å². The van der Waals surface area contributed by atoms with Gasteiger partial charge in [-0.2, -0.15) is 0 Å². The van der Waals surface area contributed by atoms with E-state index in [-0.39, 0.29) is 0 Å². The Labute approximate surface area is 101 Å². The van der Waals surface area contributed by atoms with Crippen molar-refractivity contribution in [3.05, 3.63) is 5.89 Å². The molecule has 1 unspecified atom stereocenters. The topological polar surface area (TPSA) is 63.0 Å². The van der Waals surface area contributed by atoms with E-state index >= 15 is 0 Å². The van der Waals surface area contributed by atoms with Gasteiger partial charge < -0.3 is 15.1 Å². The molecule has 5 nitrogen and oxygen atoms in total. The number of aromatic nitrogens is 2. The number of hydrogen-bond acceptors (Lipinski definition) is 5. The minimum Gasteiger partial charge on any atom is -0.407 e. The van der Waals surface area contributed by atoms with Crippen LogP contribution in [0.25, 0.3) is 0 Å². The smallest absolute Gasteiger partial charge is 0.315 e. The maximum Gasteiger partial charge on any atom is 0.315 e. The first kappa shape index (κ1) is 11.0.